The molecule has 0 fully saturated rings. The quantitative estimate of drug-likeness (QED) is 0.625. The molecule has 24 heavy (non-hydrogen) atoms. The molecule has 0 unspecified atom stereocenters. The third kappa shape index (κ3) is 3.36. The van der Waals surface area contributed by atoms with Crippen molar-refractivity contribution in [3.63, 3.8) is 0 Å². The number of hydrogen-bond acceptors (Lipinski definition) is 7. The van der Waals surface area contributed by atoms with Gasteiger partial charge in [0, 0.05) is 43.7 Å². The summed E-state index contributed by atoms with van der Waals surface area (Å²) in [6.45, 7) is 0. The second kappa shape index (κ2) is 6.63. The lowest BCUT2D eigenvalue weighted by Crippen LogP contribution is -2.22. The van der Waals surface area contributed by atoms with Gasteiger partial charge in [-0.2, -0.15) is 0 Å². The summed E-state index contributed by atoms with van der Waals surface area (Å²) in [5.41, 5.74) is 0.552. The highest BCUT2D eigenvalue weighted by Crippen LogP contribution is 2.22. The summed E-state index contributed by atoms with van der Waals surface area (Å²) in [7, 11) is -0.528. The summed E-state index contributed by atoms with van der Waals surface area (Å²) < 4.78 is 26.6. The second-order valence-corrected chi connectivity index (χ2v) is 9.07. The molecule has 0 amide bonds. The largest absolute Gasteiger partial charge is 0.269 e. The van der Waals surface area contributed by atoms with Gasteiger partial charge in [-0.25, -0.2) is 22.7 Å². The number of nitrogens with zero attached hydrogens (tertiary/aromatic N) is 4. The number of fused-ring (bicyclic) bond motifs is 1. The maximum Gasteiger partial charge on any atom is 0.258 e. The van der Waals surface area contributed by atoms with Crippen molar-refractivity contribution < 1.29 is 8.42 Å². The minimum absolute atomic E-state index is 0.114. The first-order valence-corrected chi connectivity index (χ1v) is 10.2. The van der Waals surface area contributed by atoms with E-state index in [0.717, 1.165) is 4.31 Å². The number of sulfonamides is 1. The molecule has 7 nitrogen and oxygen atoms in total. The van der Waals surface area contributed by atoms with Gasteiger partial charge >= 0.3 is 0 Å². The lowest BCUT2D eigenvalue weighted by Gasteiger charge is -2.11. The number of hydrogen-bond donors (Lipinski definition) is 0. The maximum atomic E-state index is 12.0. The van der Waals surface area contributed by atoms with E-state index in [1.807, 2.05) is 5.38 Å². The predicted molar refractivity (Wildman–Crippen MR) is 94.0 cm³/mol. The van der Waals surface area contributed by atoms with Gasteiger partial charge in [0.15, 0.2) is 4.96 Å². The van der Waals surface area contributed by atoms with Crippen molar-refractivity contribution in [2.24, 2.45) is 0 Å². The SMILES string of the molecule is CN(C)S(=O)(=O)c1ccc(SCc2cc(=O)n3ccsc3n2)nc1. The van der Waals surface area contributed by atoms with E-state index in [9.17, 15) is 13.2 Å². The molecule has 10 heteroatoms. The van der Waals surface area contributed by atoms with Gasteiger partial charge in [-0.15, -0.1) is 23.1 Å². The Morgan fingerprint density at radius 1 is 1.33 bits per heavy atom. The number of rotatable bonds is 5. The zero-order chi connectivity index (χ0) is 17.3. The van der Waals surface area contributed by atoms with Crippen LogP contribution in [0.1, 0.15) is 5.69 Å². The molecule has 0 bridgehead atoms. The van der Waals surface area contributed by atoms with Gasteiger partial charge in [-0.3, -0.25) is 9.20 Å². The summed E-state index contributed by atoms with van der Waals surface area (Å²) in [6, 6.07) is 4.67. The van der Waals surface area contributed by atoms with Gasteiger partial charge in [0.1, 0.15) is 4.90 Å². The van der Waals surface area contributed by atoms with Crippen LogP contribution in [-0.2, 0) is 15.8 Å². The molecular weight excluding hydrogens is 368 g/mol. The van der Waals surface area contributed by atoms with Crippen molar-refractivity contribution in [1.82, 2.24) is 18.7 Å². The Hall–Kier alpha value is -1.75. The molecule has 3 heterocycles. The zero-order valence-electron chi connectivity index (χ0n) is 12.9. The van der Waals surface area contributed by atoms with Gasteiger partial charge < -0.3 is 0 Å². The molecule has 0 radical (unpaired) electrons. The van der Waals surface area contributed by atoms with Gasteiger partial charge in [-0.1, -0.05) is 0 Å². The van der Waals surface area contributed by atoms with Crippen molar-refractivity contribution in [2.75, 3.05) is 14.1 Å². The molecule has 3 aromatic heterocycles. The van der Waals surface area contributed by atoms with Crippen LogP contribution in [0.2, 0.25) is 0 Å². The Bertz CT molecular complexity index is 1020. The van der Waals surface area contributed by atoms with Crippen LogP contribution in [0.3, 0.4) is 0 Å². The fourth-order valence-corrected chi connectivity index (χ4v) is 4.25. The van der Waals surface area contributed by atoms with E-state index >= 15 is 0 Å². The van der Waals surface area contributed by atoms with Gasteiger partial charge in [0.05, 0.1) is 10.7 Å². The third-order valence-electron chi connectivity index (χ3n) is 3.21. The molecule has 0 saturated heterocycles. The fourth-order valence-electron chi connectivity index (χ4n) is 1.93. The molecule has 0 aliphatic carbocycles. The first kappa shape index (κ1) is 17.1. The average molecular weight is 382 g/mol. The van der Waals surface area contributed by atoms with E-state index in [1.54, 1.807) is 12.3 Å². The lowest BCUT2D eigenvalue weighted by molar-refractivity contribution is 0.520. The summed E-state index contributed by atoms with van der Waals surface area (Å²) in [5, 5.41) is 2.48. The van der Waals surface area contributed by atoms with Crippen LogP contribution in [0.25, 0.3) is 4.96 Å². The molecule has 0 saturated carbocycles. The Labute approximate surface area is 147 Å². The molecule has 0 aliphatic rings. The van der Waals surface area contributed by atoms with Crippen LogP contribution in [0.15, 0.2) is 50.7 Å². The van der Waals surface area contributed by atoms with E-state index < -0.39 is 10.0 Å². The topological polar surface area (TPSA) is 84.6 Å². The highest BCUT2D eigenvalue weighted by atomic mass is 32.2. The predicted octanol–water partition coefficient (Wildman–Crippen LogP) is 1.69. The maximum absolute atomic E-state index is 12.0. The Balaban J connectivity index is 1.75. The highest BCUT2D eigenvalue weighted by molar-refractivity contribution is 7.98. The second-order valence-electron chi connectivity index (χ2n) is 5.05. The Morgan fingerprint density at radius 3 is 2.79 bits per heavy atom. The van der Waals surface area contributed by atoms with E-state index in [-0.39, 0.29) is 10.5 Å². The van der Waals surface area contributed by atoms with Crippen LogP contribution in [0.5, 0.6) is 0 Å². The van der Waals surface area contributed by atoms with Crippen LogP contribution < -0.4 is 5.56 Å². The monoisotopic (exact) mass is 382 g/mol. The number of thiazole rings is 1. The smallest absolute Gasteiger partial charge is 0.258 e. The molecule has 3 rings (SSSR count). The molecule has 126 valence electrons. The zero-order valence-corrected chi connectivity index (χ0v) is 15.4. The lowest BCUT2D eigenvalue weighted by atomic mass is 10.4. The standard InChI is InChI=1S/C14H14N4O3S3/c1-17(2)24(20,21)11-3-4-12(15-8-11)23-9-10-7-13(19)18-5-6-22-14(18)16-10/h3-8H,9H2,1-2H3. The minimum atomic E-state index is -3.48. The molecular formula is C14H14N4O3S3. The van der Waals surface area contributed by atoms with Crippen LogP contribution >= 0.6 is 23.1 Å². The molecule has 0 aliphatic heterocycles. The minimum Gasteiger partial charge on any atom is -0.269 e. The Kier molecular flexibility index (Phi) is 4.72. The third-order valence-corrected chi connectivity index (χ3v) is 6.74. The molecule has 0 N–H and O–H groups in total. The molecule has 0 spiro atoms. The van der Waals surface area contributed by atoms with Crippen molar-refractivity contribution in [2.45, 2.75) is 15.7 Å². The first-order chi connectivity index (χ1) is 11.4. The normalized spacial score (nSPS) is 12.1. The fraction of sp³-hybridized carbons (Fsp3) is 0.214. The summed E-state index contributed by atoms with van der Waals surface area (Å²) in [6.07, 6.45) is 3.03. The van der Waals surface area contributed by atoms with Gasteiger partial charge in [0.2, 0.25) is 10.0 Å². The summed E-state index contributed by atoms with van der Waals surface area (Å²) >= 11 is 2.80. The number of pyridine rings is 1. The van der Waals surface area contributed by atoms with E-state index in [2.05, 4.69) is 9.97 Å². The first-order valence-electron chi connectivity index (χ1n) is 6.85. The van der Waals surface area contributed by atoms with Crippen molar-refractivity contribution in [1.29, 1.82) is 0 Å². The molecule has 3 aromatic rings. The summed E-state index contributed by atoms with van der Waals surface area (Å²) in [5.74, 6) is 0.483. The highest BCUT2D eigenvalue weighted by Gasteiger charge is 2.17. The number of aromatic nitrogens is 3. The van der Waals surface area contributed by atoms with Gasteiger partial charge in [-0.05, 0) is 12.1 Å². The van der Waals surface area contributed by atoms with Crippen LogP contribution in [-0.4, -0.2) is 41.2 Å². The molecule has 0 atom stereocenters. The number of thioether (sulfide) groups is 1. The molecule has 0 aromatic carbocycles. The van der Waals surface area contributed by atoms with Crippen molar-refractivity contribution >= 4 is 38.1 Å². The van der Waals surface area contributed by atoms with Crippen LogP contribution in [0, 0.1) is 0 Å². The van der Waals surface area contributed by atoms with E-state index in [1.165, 1.54) is 59.9 Å². The van der Waals surface area contributed by atoms with Crippen molar-refractivity contribution in [3.8, 4) is 0 Å². The summed E-state index contributed by atoms with van der Waals surface area (Å²) in [4.78, 5) is 21.3. The van der Waals surface area contributed by atoms with E-state index in [4.69, 9.17) is 0 Å². The van der Waals surface area contributed by atoms with Crippen molar-refractivity contribution in [3.05, 3.63) is 52.0 Å². The van der Waals surface area contributed by atoms with E-state index in [0.29, 0.717) is 21.4 Å². The average Bonchev–Trinajstić information content (AvgIpc) is 3.02. The van der Waals surface area contributed by atoms with Gasteiger partial charge in [0.25, 0.3) is 5.56 Å². The van der Waals surface area contributed by atoms with Crippen LogP contribution in [0.4, 0.5) is 0 Å². The Morgan fingerprint density at radius 2 is 2.12 bits per heavy atom.